The molecule has 8 heteroatoms. The van der Waals surface area contributed by atoms with Crippen molar-refractivity contribution in [3.05, 3.63) is 11.6 Å². The number of esters is 1. The molecule has 0 bridgehead atoms. The van der Waals surface area contributed by atoms with Gasteiger partial charge in [-0.15, -0.1) is 0 Å². The van der Waals surface area contributed by atoms with E-state index in [1.54, 1.807) is 6.08 Å². The fraction of sp³-hybridized carbons (Fsp3) is 0.760. The van der Waals surface area contributed by atoms with E-state index in [-0.39, 0.29) is 54.5 Å². The Labute approximate surface area is 193 Å². The summed E-state index contributed by atoms with van der Waals surface area (Å²) in [6.45, 7) is 3.54. The largest absolute Gasteiger partial charge is 0.481 e. The molecule has 3 saturated carbocycles. The molecule has 0 saturated heterocycles. The third-order valence-corrected chi connectivity index (χ3v) is 9.33. The minimum absolute atomic E-state index is 0.0162. The van der Waals surface area contributed by atoms with E-state index in [1.165, 1.54) is 0 Å². The van der Waals surface area contributed by atoms with Crippen LogP contribution in [0.2, 0.25) is 0 Å². The first-order valence-electron chi connectivity index (χ1n) is 12.0. The molecule has 0 aromatic rings. The first-order chi connectivity index (χ1) is 15.5. The van der Waals surface area contributed by atoms with Gasteiger partial charge in [-0.1, -0.05) is 19.4 Å². The predicted octanol–water partition coefficient (Wildman–Crippen LogP) is 2.05. The maximum atomic E-state index is 12.5. The van der Waals surface area contributed by atoms with Gasteiger partial charge in [-0.3, -0.25) is 19.2 Å². The second-order valence-electron chi connectivity index (χ2n) is 10.9. The predicted molar refractivity (Wildman–Crippen MR) is 116 cm³/mol. The zero-order chi connectivity index (χ0) is 24.1. The number of aliphatic carboxylic acids is 1. The smallest absolute Gasteiger partial charge is 0.306 e. The Morgan fingerprint density at radius 2 is 1.88 bits per heavy atom. The number of aliphatic hydroxyl groups excluding tert-OH is 2. The molecule has 4 rings (SSSR count). The standard InChI is InChI=1S/C25H34O8/c1-24-11-18(28)23-15(16(24)5-6-17(24)19(29)12-26)4-3-13-9-14(27)10-20(25(13,23)2)33-22(32)8-7-21(30)31/h9,15-18,20,23,26,28H,3-8,10-12H2,1-2H3,(H,30,31)/t15-,16-,17+,18-,20?,23+,24-,25+/m0/s1. The van der Waals surface area contributed by atoms with Gasteiger partial charge in [-0.2, -0.15) is 0 Å². The second kappa shape index (κ2) is 8.62. The lowest BCUT2D eigenvalue weighted by molar-refractivity contribution is -0.181. The molecule has 3 fully saturated rings. The summed E-state index contributed by atoms with van der Waals surface area (Å²) >= 11 is 0. The number of rotatable bonds is 6. The van der Waals surface area contributed by atoms with Crippen molar-refractivity contribution < 1.29 is 39.2 Å². The fourth-order valence-electron chi connectivity index (χ4n) is 7.93. The molecule has 0 aromatic carbocycles. The van der Waals surface area contributed by atoms with Crippen molar-refractivity contribution in [1.29, 1.82) is 0 Å². The van der Waals surface area contributed by atoms with E-state index in [9.17, 15) is 29.4 Å². The summed E-state index contributed by atoms with van der Waals surface area (Å²) in [5.74, 6) is -2.23. The van der Waals surface area contributed by atoms with Gasteiger partial charge in [0.2, 0.25) is 0 Å². The van der Waals surface area contributed by atoms with Crippen molar-refractivity contribution in [2.75, 3.05) is 6.61 Å². The van der Waals surface area contributed by atoms with E-state index in [4.69, 9.17) is 9.84 Å². The molecule has 8 atom stereocenters. The van der Waals surface area contributed by atoms with Gasteiger partial charge in [0, 0.05) is 23.7 Å². The Morgan fingerprint density at radius 1 is 1.15 bits per heavy atom. The van der Waals surface area contributed by atoms with E-state index in [1.807, 2.05) is 6.92 Å². The summed E-state index contributed by atoms with van der Waals surface area (Å²) in [4.78, 5) is 48.2. The van der Waals surface area contributed by atoms with Crippen LogP contribution in [-0.2, 0) is 23.9 Å². The topological polar surface area (TPSA) is 138 Å². The van der Waals surface area contributed by atoms with Crippen molar-refractivity contribution in [1.82, 2.24) is 0 Å². The van der Waals surface area contributed by atoms with Gasteiger partial charge in [0.1, 0.15) is 12.7 Å². The van der Waals surface area contributed by atoms with Crippen molar-refractivity contribution in [3.8, 4) is 0 Å². The van der Waals surface area contributed by atoms with Gasteiger partial charge < -0.3 is 20.1 Å². The summed E-state index contributed by atoms with van der Waals surface area (Å²) in [7, 11) is 0. The molecular formula is C25H34O8. The molecule has 182 valence electrons. The third-order valence-electron chi connectivity index (χ3n) is 9.33. The number of carbonyl (C=O) groups excluding carboxylic acids is 3. The SMILES string of the molecule is C[C@]12C[C@H](O)[C@H]3[C@@H](CCC4=CC(=O)CC(OC(=O)CCC(=O)O)[C@@]43C)[C@@H]1CC[C@@H]2C(=O)CO. The monoisotopic (exact) mass is 462 g/mol. The molecule has 4 aliphatic rings. The van der Waals surface area contributed by atoms with Crippen LogP contribution in [0.3, 0.4) is 0 Å². The molecule has 0 radical (unpaired) electrons. The van der Waals surface area contributed by atoms with Crippen LogP contribution >= 0.6 is 0 Å². The highest BCUT2D eigenvalue weighted by atomic mass is 16.5. The number of aliphatic hydroxyl groups is 2. The molecule has 0 heterocycles. The van der Waals surface area contributed by atoms with Crippen LogP contribution in [0.25, 0.3) is 0 Å². The van der Waals surface area contributed by atoms with E-state index in [0.29, 0.717) is 19.3 Å². The van der Waals surface area contributed by atoms with Gasteiger partial charge in [-0.25, -0.2) is 0 Å². The number of hydrogen-bond acceptors (Lipinski definition) is 7. The van der Waals surface area contributed by atoms with Gasteiger partial charge in [0.05, 0.1) is 18.9 Å². The highest BCUT2D eigenvalue weighted by Crippen LogP contribution is 2.67. The Morgan fingerprint density at radius 3 is 2.55 bits per heavy atom. The van der Waals surface area contributed by atoms with Gasteiger partial charge in [0.15, 0.2) is 11.6 Å². The number of ether oxygens (including phenoxy) is 1. The minimum Gasteiger partial charge on any atom is -0.481 e. The lowest BCUT2D eigenvalue weighted by Gasteiger charge is -2.61. The van der Waals surface area contributed by atoms with Crippen molar-refractivity contribution >= 4 is 23.5 Å². The lowest BCUT2D eigenvalue weighted by Crippen LogP contribution is -2.61. The van der Waals surface area contributed by atoms with E-state index in [2.05, 4.69) is 6.92 Å². The van der Waals surface area contributed by atoms with Crippen LogP contribution in [0.15, 0.2) is 11.6 Å². The lowest BCUT2D eigenvalue weighted by atomic mass is 9.45. The van der Waals surface area contributed by atoms with Crippen LogP contribution in [-0.4, -0.2) is 57.6 Å². The number of carboxylic acids is 1. The summed E-state index contributed by atoms with van der Waals surface area (Å²) < 4.78 is 5.73. The quantitative estimate of drug-likeness (QED) is 0.510. The Kier molecular flexibility index (Phi) is 6.29. The summed E-state index contributed by atoms with van der Waals surface area (Å²) in [5, 5.41) is 29.8. The highest BCUT2D eigenvalue weighted by molar-refractivity contribution is 5.92. The molecular weight excluding hydrogens is 428 g/mol. The molecule has 33 heavy (non-hydrogen) atoms. The molecule has 8 nitrogen and oxygen atoms in total. The van der Waals surface area contributed by atoms with Crippen LogP contribution in [0, 0.1) is 34.5 Å². The third kappa shape index (κ3) is 3.85. The fourth-order valence-corrected chi connectivity index (χ4v) is 7.93. The van der Waals surface area contributed by atoms with Crippen LogP contribution < -0.4 is 0 Å². The second-order valence-corrected chi connectivity index (χ2v) is 10.9. The maximum Gasteiger partial charge on any atom is 0.306 e. The number of carboxylic acid groups (broad SMARTS) is 1. The number of carbonyl (C=O) groups is 4. The normalized spacial score (nSPS) is 41.9. The van der Waals surface area contributed by atoms with Crippen LogP contribution in [0.5, 0.6) is 0 Å². The molecule has 0 aliphatic heterocycles. The van der Waals surface area contributed by atoms with Gasteiger partial charge in [-0.05, 0) is 55.4 Å². The first-order valence-corrected chi connectivity index (χ1v) is 12.0. The van der Waals surface area contributed by atoms with Crippen molar-refractivity contribution in [2.24, 2.45) is 34.5 Å². The molecule has 0 aromatic heterocycles. The molecule has 4 aliphatic carbocycles. The number of hydrogen-bond donors (Lipinski definition) is 3. The summed E-state index contributed by atoms with van der Waals surface area (Å²) in [6, 6.07) is 0. The Bertz CT molecular complexity index is 893. The Hall–Kier alpha value is -2.06. The Balaban J connectivity index is 1.66. The van der Waals surface area contributed by atoms with Crippen molar-refractivity contribution in [2.45, 2.75) is 77.4 Å². The van der Waals surface area contributed by atoms with Crippen LogP contribution in [0.1, 0.15) is 65.2 Å². The summed E-state index contributed by atoms with van der Waals surface area (Å²) in [6.07, 6.45) is 2.96. The highest BCUT2D eigenvalue weighted by Gasteiger charge is 2.65. The number of Topliss-reactive ketones (excluding diaryl/α,β-unsaturated/α-hetero) is 1. The molecule has 3 N–H and O–H groups in total. The number of fused-ring (bicyclic) bond motifs is 5. The zero-order valence-electron chi connectivity index (χ0n) is 19.3. The van der Waals surface area contributed by atoms with E-state index < -0.39 is 41.6 Å². The molecule has 1 unspecified atom stereocenters. The summed E-state index contributed by atoms with van der Waals surface area (Å²) in [5.41, 5.74) is -0.231. The van der Waals surface area contributed by atoms with E-state index >= 15 is 0 Å². The number of ketones is 2. The van der Waals surface area contributed by atoms with Gasteiger partial charge in [0.25, 0.3) is 0 Å². The zero-order valence-corrected chi connectivity index (χ0v) is 19.3. The van der Waals surface area contributed by atoms with E-state index in [0.717, 1.165) is 18.4 Å². The first kappa shape index (κ1) is 24.1. The maximum absolute atomic E-state index is 12.5. The minimum atomic E-state index is -1.09. The average molecular weight is 463 g/mol. The average Bonchev–Trinajstić information content (AvgIpc) is 3.08. The van der Waals surface area contributed by atoms with Crippen molar-refractivity contribution in [3.63, 3.8) is 0 Å². The van der Waals surface area contributed by atoms with Gasteiger partial charge >= 0.3 is 11.9 Å². The molecule has 0 amide bonds. The molecule has 0 spiro atoms. The van der Waals surface area contributed by atoms with Crippen LogP contribution in [0.4, 0.5) is 0 Å².